The normalized spacial score (nSPS) is 35.1. The van der Waals surface area contributed by atoms with E-state index in [2.05, 4.69) is 52.0 Å². The van der Waals surface area contributed by atoms with E-state index in [1.807, 2.05) is 0 Å². The molecule has 1 N–H and O–H groups in total. The molecular weight excluding hydrogens is 296 g/mol. The largest absolute Gasteiger partial charge is 0.393 e. The number of hydrogen-bond acceptors (Lipinski definition) is 2. The third-order valence-corrected chi connectivity index (χ3v) is 6.58. The van der Waals surface area contributed by atoms with Crippen molar-refractivity contribution in [2.75, 3.05) is 0 Å². The molecule has 24 heavy (non-hydrogen) atoms. The number of benzene rings is 1. The molecule has 2 heteroatoms. The van der Waals surface area contributed by atoms with Gasteiger partial charge in [0.25, 0.3) is 0 Å². The van der Waals surface area contributed by atoms with Gasteiger partial charge in [-0.1, -0.05) is 45.4 Å². The van der Waals surface area contributed by atoms with E-state index in [9.17, 15) is 9.90 Å². The Morgan fingerprint density at radius 3 is 2.75 bits per heavy atom. The van der Waals surface area contributed by atoms with Gasteiger partial charge in [0, 0.05) is 11.3 Å². The van der Waals surface area contributed by atoms with Crippen LogP contribution in [0.5, 0.6) is 0 Å². The zero-order chi connectivity index (χ0) is 17.5. The van der Waals surface area contributed by atoms with Crippen LogP contribution in [-0.4, -0.2) is 17.0 Å². The Balaban J connectivity index is 1.97. The summed E-state index contributed by atoms with van der Waals surface area (Å²) in [6.07, 6.45) is 6.49. The van der Waals surface area contributed by atoms with Gasteiger partial charge >= 0.3 is 0 Å². The quantitative estimate of drug-likeness (QED) is 0.799. The van der Waals surface area contributed by atoms with Crippen molar-refractivity contribution in [1.82, 2.24) is 0 Å². The second-order valence-electron chi connectivity index (χ2n) is 8.10. The van der Waals surface area contributed by atoms with Crippen LogP contribution in [0.2, 0.25) is 0 Å². The molecule has 0 amide bonds. The molecule has 0 heterocycles. The molecule has 0 bridgehead atoms. The Hall–Kier alpha value is -1.41. The average Bonchev–Trinajstić information content (AvgIpc) is 2.56. The minimum Gasteiger partial charge on any atom is -0.393 e. The Bertz CT molecular complexity index is 673. The molecule has 0 aromatic heterocycles. The van der Waals surface area contributed by atoms with Crippen molar-refractivity contribution >= 4 is 11.9 Å². The average molecular weight is 326 g/mol. The van der Waals surface area contributed by atoms with E-state index in [1.165, 1.54) is 11.1 Å². The van der Waals surface area contributed by atoms with Gasteiger partial charge in [-0.2, -0.15) is 0 Å². The molecule has 130 valence electrons. The van der Waals surface area contributed by atoms with E-state index in [-0.39, 0.29) is 23.2 Å². The fourth-order valence-electron chi connectivity index (χ4n) is 4.91. The summed E-state index contributed by atoms with van der Waals surface area (Å²) in [4.78, 5) is 12.9. The van der Waals surface area contributed by atoms with Crippen molar-refractivity contribution in [3.8, 4) is 0 Å². The molecule has 2 saturated carbocycles. The molecule has 2 aliphatic rings. The SMILES string of the molecule is CCc1ccc(/C=C2\C[C@@]3(C)C(CCC[C@@H]3O)C(C)C2=O)c(C)c1. The van der Waals surface area contributed by atoms with Crippen LogP contribution < -0.4 is 0 Å². The molecule has 4 atom stereocenters. The molecule has 3 rings (SSSR count). The third kappa shape index (κ3) is 2.86. The minimum atomic E-state index is -0.293. The first kappa shape index (κ1) is 17.4. The van der Waals surface area contributed by atoms with Gasteiger partial charge in [0.15, 0.2) is 5.78 Å². The third-order valence-electron chi connectivity index (χ3n) is 6.58. The molecule has 0 radical (unpaired) electrons. The van der Waals surface area contributed by atoms with Crippen molar-refractivity contribution in [1.29, 1.82) is 0 Å². The molecule has 1 aromatic carbocycles. The van der Waals surface area contributed by atoms with Gasteiger partial charge in [-0.25, -0.2) is 0 Å². The number of hydrogen-bond donors (Lipinski definition) is 1. The highest BCUT2D eigenvalue weighted by molar-refractivity contribution is 6.02. The fraction of sp³-hybridized carbons (Fsp3) is 0.591. The fourth-order valence-corrected chi connectivity index (χ4v) is 4.91. The lowest BCUT2D eigenvalue weighted by Crippen LogP contribution is -2.51. The number of ketones is 1. The second kappa shape index (κ2) is 6.48. The van der Waals surface area contributed by atoms with E-state index < -0.39 is 0 Å². The van der Waals surface area contributed by atoms with Crippen molar-refractivity contribution in [3.63, 3.8) is 0 Å². The monoisotopic (exact) mass is 326 g/mol. The lowest BCUT2D eigenvalue weighted by atomic mass is 9.54. The number of Topliss-reactive ketones (excluding diaryl/α,β-unsaturated/α-hetero) is 1. The summed E-state index contributed by atoms with van der Waals surface area (Å²) < 4.78 is 0. The number of aliphatic hydroxyl groups is 1. The number of aryl methyl sites for hydroxylation is 2. The summed E-state index contributed by atoms with van der Waals surface area (Å²) in [5.74, 6) is 0.611. The molecule has 2 fully saturated rings. The molecule has 0 aliphatic heterocycles. The van der Waals surface area contributed by atoms with Gasteiger partial charge in [0.05, 0.1) is 6.10 Å². The summed E-state index contributed by atoms with van der Waals surface area (Å²) in [5.41, 5.74) is 4.42. The predicted molar refractivity (Wildman–Crippen MR) is 98.8 cm³/mol. The van der Waals surface area contributed by atoms with E-state index in [1.54, 1.807) is 0 Å². The van der Waals surface area contributed by atoms with Gasteiger partial charge in [0.1, 0.15) is 0 Å². The maximum absolute atomic E-state index is 12.9. The maximum atomic E-state index is 12.9. The number of fused-ring (bicyclic) bond motifs is 1. The number of allylic oxidation sites excluding steroid dienone is 1. The Labute approximate surface area is 146 Å². The number of carbonyl (C=O) groups excluding carboxylic acids is 1. The molecule has 0 saturated heterocycles. The second-order valence-corrected chi connectivity index (χ2v) is 8.10. The topological polar surface area (TPSA) is 37.3 Å². The van der Waals surface area contributed by atoms with Gasteiger partial charge in [-0.3, -0.25) is 4.79 Å². The highest BCUT2D eigenvalue weighted by Gasteiger charge is 2.51. The highest BCUT2D eigenvalue weighted by Crippen LogP contribution is 2.53. The van der Waals surface area contributed by atoms with Gasteiger partial charge in [-0.15, -0.1) is 0 Å². The van der Waals surface area contributed by atoms with E-state index in [4.69, 9.17) is 0 Å². The van der Waals surface area contributed by atoms with Gasteiger partial charge in [-0.05, 0) is 66.9 Å². The summed E-state index contributed by atoms with van der Waals surface area (Å²) >= 11 is 0. The molecule has 2 nitrogen and oxygen atoms in total. The number of rotatable bonds is 2. The number of aliphatic hydroxyl groups excluding tert-OH is 1. The number of carbonyl (C=O) groups is 1. The van der Waals surface area contributed by atoms with E-state index in [0.717, 1.165) is 36.8 Å². The summed E-state index contributed by atoms with van der Waals surface area (Å²) in [6, 6.07) is 6.49. The summed E-state index contributed by atoms with van der Waals surface area (Å²) in [7, 11) is 0. The van der Waals surface area contributed by atoms with Crippen LogP contribution in [0, 0.1) is 24.2 Å². The van der Waals surface area contributed by atoms with Crippen LogP contribution in [0.15, 0.2) is 23.8 Å². The zero-order valence-electron chi connectivity index (χ0n) is 15.4. The highest BCUT2D eigenvalue weighted by atomic mass is 16.3. The Kier molecular flexibility index (Phi) is 4.70. The lowest BCUT2D eigenvalue weighted by Gasteiger charge is -2.51. The van der Waals surface area contributed by atoms with Crippen molar-refractivity contribution in [2.45, 2.75) is 65.9 Å². The van der Waals surface area contributed by atoms with Crippen LogP contribution in [0.4, 0.5) is 0 Å². The standard InChI is InChI=1S/C22H30O2/c1-5-16-9-10-17(14(2)11-16)12-18-13-22(4)19(15(3)21(18)24)7-6-8-20(22)23/h9-12,15,19-20,23H,5-8,13H2,1-4H3/b18-12+/t15?,19?,20-,22-/m0/s1. The first-order chi connectivity index (χ1) is 11.4. The molecule has 2 unspecified atom stereocenters. The van der Waals surface area contributed by atoms with Crippen molar-refractivity contribution in [2.24, 2.45) is 17.3 Å². The Morgan fingerprint density at radius 1 is 1.33 bits per heavy atom. The maximum Gasteiger partial charge on any atom is 0.161 e. The van der Waals surface area contributed by atoms with Crippen molar-refractivity contribution < 1.29 is 9.90 Å². The predicted octanol–water partition coefficient (Wildman–Crippen LogP) is 4.72. The van der Waals surface area contributed by atoms with Crippen LogP contribution in [0.3, 0.4) is 0 Å². The summed E-state index contributed by atoms with van der Waals surface area (Å²) in [5, 5.41) is 10.6. The van der Waals surface area contributed by atoms with Crippen LogP contribution >= 0.6 is 0 Å². The van der Waals surface area contributed by atoms with Gasteiger partial charge < -0.3 is 5.11 Å². The smallest absolute Gasteiger partial charge is 0.161 e. The first-order valence-electron chi connectivity index (χ1n) is 9.39. The lowest BCUT2D eigenvalue weighted by molar-refractivity contribution is -0.133. The van der Waals surface area contributed by atoms with E-state index >= 15 is 0 Å². The summed E-state index contributed by atoms with van der Waals surface area (Å²) in [6.45, 7) is 8.52. The van der Waals surface area contributed by atoms with Gasteiger partial charge in [0.2, 0.25) is 0 Å². The van der Waals surface area contributed by atoms with Crippen LogP contribution in [-0.2, 0) is 11.2 Å². The zero-order valence-corrected chi connectivity index (χ0v) is 15.4. The molecule has 2 aliphatic carbocycles. The minimum absolute atomic E-state index is 0.0140. The van der Waals surface area contributed by atoms with E-state index in [0.29, 0.717) is 12.3 Å². The molecular formula is C22H30O2. The first-order valence-corrected chi connectivity index (χ1v) is 9.39. The molecule has 0 spiro atoms. The van der Waals surface area contributed by atoms with Crippen LogP contribution in [0.25, 0.3) is 6.08 Å². The van der Waals surface area contributed by atoms with Crippen molar-refractivity contribution in [3.05, 3.63) is 40.5 Å². The Morgan fingerprint density at radius 2 is 2.08 bits per heavy atom. The molecule has 1 aromatic rings. The van der Waals surface area contributed by atoms with Crippen LogP contribution in [0.1, 0.15) is 63.1 Å².